The first-order chi connectivity index (χ1) is 7.68. The van der Waals surface area contributed by atoms with E-state index >= 15 is 0 Å². The fraction of sp³-hybridized carbons (Fsp3) is 0.923. The lowest BCUT2D eigenvalue weighted by atomic mass is 9.94. The highest BCUT2D eigenvalue weighted by Gasteiger charge is 2.37. The monoisotopic (exact) mass is 224 g/mol. The minimum absolute atomic E-state index is 0.249. The molecule has 16 heavy (non-hydrogen) atoms. The average Bonchev–Trinajstić information content (AvgIpc) is 3.04. The molecule has 1 saturated carbocycles. The second-order valence-corrected chi connectivity index (χ2v) is 5.84. The van der Waals surface area contributed by atoms with Crippen LogP contribution in [0.5, 0.6) is 0 Å². The molecule has 3 nitrogen and oxygen atoms in total. The third-order valence-corrected chi connectivity index (χ3v) is 3.99. The Hall–Kier alpha value is -0.570. The van der Waals surface area contributed by atoms with Crippen molar-refractivity contribution in [2.45, 2.75) is 45.4 Å². The molecule has 2 N–H and O–H groups in total. The van der Waals surface area contributed by atoms with Crippen molar-refractivity contribution in [2.24, 2.45) is 11.3 Å². The minimum atomic E-state index is 0.249. The summed E-state index contributed by atoms with van der Waals surface area (Å²) < 4.78 is 0. The fourth-order valence-corrected chi connectivity index (χ4v) is 2.30. The number of hydrogen-bond donors (Lipinski definition) is 2. The molecule has 0 bridgehead atoms. The topological polar surface area (TPSA) is 41.1 Å². The van der Waals surface area contributed by atoms with Gasteiger partial charge in [-0.05, 0) is 56.5 Å². The summed E-state index contributed by atoms with van der Waals surface area (Å²) in [5.41, 5.74) is 0.433. The molecule has 1 aliphatic carbocycles. The van der Waals surface area contributed by atoms with E-state index in [2.05, 4.69) is 17.6 Å². The highest BCUT2D eigenvalue weighted by atomic mass is 16.1. The van der Waals surface area contributed by atoms with Crippen LogP contribution in [-0.2, 0) is 4.79 Å². The normalized spacial score (nSPS) is 27.4. The molecular weight excluding hydrogens is 200 g/mol. The Balaban J connectivity index is 1.56. The predicted octanol–water partition coefficient (Wildman–Crippen LogP) is 1.68. The van der Waals surface area contributed by atoms with Crippen LogP contribution in [0.15, 0.2) is 0 Å². The molecule has 1 amide bonds. The number of carbonyl (C=O) groups excluding carboxylic acids is 1. The maximum atomic E-state index is 11.6. The number of carbonyl (C=O) groups is 1. The van der Waals surface area contributed by atoms with Gasteiger partial charge < -0.3 is 10.6 Å². The van der Waals surface area contributed by atoms with E-state index in [0.29, 0.717) is 11.8 Å². The molecule has 0 aromatic heterocycles. The van der Waals surface area contributed by atoms with Crippen LogP contribution in [0.4, 0.5) is 0 Å². The van der Waals surface area contributed by atoms with Crippen LogP contribution in [0.3, 0.4) is 0 Å². The Kier molecular flexibility index (Phi) is 3.85. The number of amides is 1. The van der Waals surface area contributed by atoms with Gasteiger partial charge in [0.25, 0.3) is 0 Å². The SMILES string of the molecule is CC1(CNC(=O)CCC2CCCNC2)CC1. The first-order valence-corrected chi connectivity index (χ1v) is 6.65. The van der Waals surface area contributed by atoms with Crippen LogP contribution in [0.25, 0.3) is 0 Å². The molecule has 0 radical (unpaired) electrons. The largest absolute Gasteiger partial charge is 0.356 e. The standard InChI is InChI=1S/C13H24N2O/c1-13(6-7-13)10-15-12(16)5-4-11-3-2-8-14-9-11/h11,14H,2-10H2,1H3,(H,15,16). The molecule has 0 aromatic rings. The molecular formula is C13H24N2O. The zero-order valence-electron chi connectivity index (χ0n) is 10.3. The molecule has 92 valence electrons. The van der Waals surface area contributed by atoms with E-state index in [0.717, 1.165) is 32.0 Å². The van der Waals surface area contributed by atoms with Crippen LogP contribution in [0, 0.1) is 11.3 Å². The summed E-state index contributed by atoms with van der Waals surface area (Å²) in [5.74, 6) is 0.967. The summed E-state index contributed by atoms with van der Waals surface area (Å²) in [6.45, 7) is 5.39. The fourth-order valence-electron chi connectivity index (χ4n) is 2.30. The zero-order valence-corrected chi connectivity index (χ0v) is 10.3. The molecule has 2 aliphatic rings. The van der Waals surface area contributed by atoms with Crippen LogP contribution in [-0.4, -0.2) is 25.5 Å². The highest BCUT2D eigenvalue weighted by Crippen LogP contribution is 2.44. The molecule has 1 saturated heterocycles. The molecule has 2 rings (SSSR count). The van der Waals surface area contributed by atoms with Crippen molar-refractivity contribution < 1.29 is 4.79 Å². The van der Waals surface area contributed by atoms with Crippen LogP contribution >= 0.6 is 0 Å². The van der Waals surface area contributed by atoms with Crippen LogP contribution in [0.1, 0.15) is 45.4 Å². The Labute approximate surface area is 98.4 Å². The summed E-state index contributed by atoms with van der Waals surface area (Å²) in [6.07, 6.45) is 6.87. The second-order valence-electron chi connectivity index (χ2n) is 5.84. The second kappa shape index (κ2) is 5.17. The Morgan fingerprint density at radius 3 is 2.94 bits per heavy atom. The van der Waals surface area contributed by atoms with E-state index < -0.39 is 0 Å². The van der Waals surface area contributed by atoms with Gasteiger partial charge in [-0.3, -0.25) is 4.79 Å². The average molecular weight is 224 g/mol. The van der Waals surface area contributed by atoms with Crippen molar-refractivity contribution in [3.8, 4) is 0 Å². The zero-order chi connectivity index (χ0) is 11.4. The lowest BCUT2D eigenvalue weighted by Crippen LogP contribution is -2.32. The van der Waals surface area contributed by atoms with E-state index in [1.165, 1.54) is 25.7 Å². The van der Waals surface area contributed by atoms with Gasteiger partial charge in [0.1, 0.15) is 0 Å². The van der Waals surface area contributed by atoms with Gasteiger partial charge in [0.2, 0.25) is 5.91 Å². The molecule has 2 fully saturated rings. The van der Waals surface area contributed by atoms with Crippen molar-refractivity contribution in [1.82, 2.24) is 10.6 Å². The molecule has 1 atom stereocenters. The van der Waals surface area contributed by atoms with Gasteiger partial charge in [-0.15, -0.1) is 0 Å². The molecule has 1 unspecified atom stereocenters. The van der Waals surface area contributed by atoms with Crippen LogP contribution < -0.4 is 10.6 Å². The highest BCUT2D eigenvalue weighted by molar-refractivity contribution is 5.75. The summed E-state index contributed by atoms with van der Waals surface area (Å²) in [6, 6.07) is 0. The van der Waals surface area contributed by atoms with E-state index in [9.17, 15) is 4.79 Å². The Bertz CT molecular complexity index is 242. The van der Waals surface area contributed by atoms with Crippen molar-refractivity contribution in [3.63, 3.8) is 0 Å². The van der Waals surface area contributed by atoms with Crippen molar-refractivity contribution in [2.75, 3.05) is 19.6 Å². The van der Waals surface area contributed by atoms with Gasteiger partial charge in [0, 0.05) is 13.0 Å². The summed E-state index contributed by atoms with van der Waals surface area (Å²) in [4.78, 5) is 11.6. The first-order valence-electron chi connectivity index (χ1n) is 6.65. The van der Waals surface area contributed by atoms with Crippen molar-refractivity contribution >= 4 is 5.91 Å². The molecule has 0 aromatic carbocycles. The summed E-state index contributed by atoms with van der Waals surface area (Å²) in [7, 11) is 0. The van der Waals surface area contributed by atoms with Crippen molar-refractivity contribution in [3.05, 3.63) is 0 Å². The molecule has 1 aliphatic heterocycles. The van der Waals surface area contributed by atoms with Gasteiger partial charge in [0.15, 0.2) is 0 Å². The maximum absolute atomic E-state index is 11.6. The first kappa shape index (κ1) is 11.9. The minimum Gasteiger partial charge on any atom is -0.356 e. The van der Waals surface area contributed by atoms with Gasteiger partial charge in [0.05, 0.1) is 0 Å². The Morgan fingerprint density at radius 2 is 2.31 bits per heavy atom. The summed E-state index contributed by atoms with van der Waals surface area (Å²) in [5, 5.41) is 6.46. The van der Waals surface area contributed by atoms with Gasteiger partial charge >= 0.3 is 0 Å². The lowest BCUT2D eigenvalue weighted by Gasteiger charge is -2.22. The van der Waals surface area contributed by atoms with Crippen molar-refractivity contribution in [1.29, 1.82) is 0 Å². The number of nitrogens with one attached hydrogen (secondary N) is 2. The third-order valence-electron chi connectivity index (χ3n) is 3.99. The van der Waals surface area contributed by atoms with Gasteiger partial charge in [-0.25, -0.2) is 0 Å². The molecule has 3 heteroatoms. The number of rotatable bonds is 5. The van der Waals surface area contributed by atoms with Gasteiger partial charge in [-0.1, -0.05) is 6.92 Å². The molecule has 0 spiro atoms. The Morgan fingerprint density at radius 1 is 1.50 bits per heavy atom. The lowest BCUT2D eigenvalue weighted by molar-refractivity contribution is -0.121. The van der Waals surface area contributed by atoms with Gasteiger partial charge in [-0.2, -0.15) is 0 Å². The van der Waals surface area contributed by atoms with E-state index in [4.69, 9.17) is 0 Å². The van der Waals surface area contributed by atoms with E-state index in [1.807, 2.05) is 0 Å². The quantitative estimate of drug-likeness (QED) is 0.746. The third kappa shape index (κ3) is 3.78. The maximum Gasteiger partial charge on any atom is 0.220 e. The number of piperidine rings is 1. The molecule has 1 heterocycles. The summed E-state index contributed by atoms with van der Waals surface area (Å²) >= 11 is 0. The smallest absolute Gasteiger partial charge is 0.220 e. The predicted molar refractivity (Wildman–Crippen MR) is 65.2 cm³/mol. The van der Waals surface area contributed by atoms with Crippen LogP contribution in [0.2, 0.25) is 0 Å². The number of hydrogen-bond acceptors (Lipinski definition) is 2. The van der Waals surface area contributed by atoms with E-state index in [1.54, 1.807) is 0 Å². The van der Waals surface area contributed by atoms with E-state index in [-0.39, 0.29) is 5.91 Å².